The Morgan fingerprint density at radius 1 is 1.29 bits per heavy atom. The zero-order valence-electron chi connectivity index (χ0n) is 14.1. The van der Waals surface area contributed by atoms with Crippen molar-refractivity contribution in [3.63, 3.8) is 0 Å². The second kappa shape index (κ2) is 10.1. The molecule has 0 aromatic rings. The van der Waals surface area contributed by atoms with E-state index < -0.39 is 0 Å². The third kappa shape index (κ3) is 7.22. The SMILES string of the molecule is COCCNCC(=O)N(CCN(C)C)C1CCN(C)CC1. The number of nitrogens with one attached hydrogen (secondary N) is 1. The number of piperidine rings is 1. The van der Waals surface area contributed by atoms with Crippen molar-refractivity contribution in [3.05, 3.63) is 0 Å². The molecule has 1 aliphatic rings. The summed E-state index contributed by atoms with van der Waals surface area (Å²) in [4.78, 5) is 19.0. The van der Waals surface area contributed by atoms with Gasteiger partial charge in [-0.3, -0.25) is 4.79 Å². The van der Waals surface area contributed by atoms with Crippen LogP contribution < -0.4 is 5.32 Å². The number of likely N-dealkylation sites (N-methyl/N-ethyl adjacent to an activating group) is 1. The van der Waals surface area contributed by atoms with Crippen molar-refractivity contribution in [2.75, 3.05) is 74.1 Å². The quantitative estimate of drug-likeness (QED) is 0.593. The summed E-state index contributed by atoms with van der Waals surface area (Å²) in [6.45, 7) is 5.64. The number of likely N-dealkylation sites (tertiary alicyclic amines) is 1. The van der Waals surface area contributed by atoms with Crippen LogP contribution in [0.3, 0.4) is 0 Å². The molecule has 0 atom stereocenters. The minimum Gasteiger partial charge on any atom is -0.383 e. The van der Waals surface area contributed by atoms with Crippen LogP contribution in [0.25, 0.3) is 0 Å². The van der Waals surface area contributed by atoms with Gasteiger partial charge in [0.25, 0.3) is 0 Å². The van der Waals surface area contributed by atoms with E-state index in [2.05, 4.69) is 27.1 Å². The zero-order valence-corrected chi connectivity index (χ0v) is 14.1. The molecule has 21 heavy (non-hydrogen) atoms. The Balaban J connectivity index is 2.48. The molecule has 1 aliphatic heterocycles. The summed E-state index contributed by atoms with van der Waals surface area (Å²) >= 11 is 0. The van der Waals surface area contributed by atoms with Crippen LogP contribution in [0.15, 0.2) is 0 Å². The van der Waals surface area contributed by atoms with Crippen LogP contribution in [0.4, 0.5) is 0 Å². The number of methoxy groups -OCH3 is 1. The van der Waals surface area contributed by atoms with E-state index in [9.17, 15) is 4.79 Å². The van der Waals surface area contributed by atoms with Crippen LogP contribution in [-0.4, -0.2) is 101 Å². The topological polar surface area (TPSA) is 48.1 Å². The Morgan fingerprint density at radius 3 is 2.52 bits per heavy atom. The molecular weight excluding hydrogens is 268 g/mol. The minimum atomic E-state index is 0.211. The van der Waals surface area contributed by atoms with Gasteiger partial charge in [-0.25, -0.2) is 0 Å². The molecular formula is C15H32N4O2. The first-order valence-corrected chi connectivity index (χ1v) is 7.87. The summed E-state index contributed by atoms with van der Waals surface area (Å²) in [6.07, 6.45) is 2.15. The van der Waals surface area contributed by atoms with Crippen molar-refractivity contribution in [2.24, 2.45) is 0 Å². The molecule has 1 saturated heterocycles. The van der Waals surface area contributed by atoms with Crippen molar-refractivity contribution < 1.29 is 9.53 Å². The maximum absolute atomic E-state index is 12.5. The maximum atomic E-state index is 12.5. The standard InChI is InChI=1S/C15H32N4O2/c1-17(2)10-11-19(14-5-8-18(3)9-6-14)15(20)13-16-7-12-21-4/h14,16H,5-13H2,1-4H3. The molecule has 0 saturated carbocycles. The number of carbonyl (C=O) groups excluding carboxylic acids is 1. The number of nitrogens with zero attached hydrogens (tertiary/aromatic N) is 3. The fraction of sp³-hybridized carbons (Fsp3) is 0.933. The Labute approximate surface area is 129 Å². The summed E-state index contributed by atoms with van der Waals surface area (Å²) in [5, 5.41) is 3.16. The molecule has 0 aromatic carbocycles. The average Bonchev–Trinajstić information content (AvgIpc) is 2.45. The number of hydrogen-bond donors (Lipinski definition) is 1. The van der Waals surface area contributed by atoms with Crippen LogP contribution >= 0.6 is 0 Å². The zero-order chi connectivity index (χ0) is 15.7. The lowest BCUT2D eigenvalue weighted by atomic mass is 10.0. The monoisotopic (exact) mass is 300 g/mol. The third-order valence-electron chi connectivity index (χ3n) is 4.00. The summed E-state index contributed by atoms with van der Waals surface area (Å²) in [5.41, 5.74) is 0. The van der Waals surface area contributed by atoms with Crippen molar-refractivity contribution in [1.29, 1.82) is 0 Å². The lowest BCUT2D eigenvalue weighted by molar-refractivity contribution is -0.133. The molecule has 6 heteroatoms. The number of ether oxygens (including phenoxy) is 1. The van der Waals surface area contributed by atoms with Gasteiger partial charge < -0.3 is 24.8 Å². The van der Waals surface area contributed by atoms with Gasteiger partial charge in [-0.1, -0.05) is 0 Å². The molecule has 0 radical (unpaired) electrons. The number of carbonyl (C=O) groups is 1. The summed E-state index contributed by atoms with van der Waals surface area (Å²) in [6, 6.07) is 0.387. The van der Waals surface area contributed by atoms with E-state index >= 15 is 0 Å². The second-order valence-electron chi connectivity index (χ2n) is 6.09. The Morgan fingerprint density at radius 2 is 1.95 bits per heavy atom. The van der Waals surface area contributed by atoms with E-state index in [-0.39, 0.29) is 5.91 Å². The first kappa shape index (κ1) is 18.4. The minimum absolute atomic E-state index is 0.211. The van der Waals surface area contributed by atoms with Gasteiger partial charge in [0, 0.05) is 32.8 Å². The lowest BCUT2D eigenvalue weighted by Gasteiger charge is -2.38. The predicted octanol–water partition coefficient (Wildman–Crippen LogP) is -0.293. The van der Waals surface area contributed by atoms with Gasteiger partial charge in [0.05, 0.1) is 13.2 Å². The third-order valence-corrected chi connectivity index (χ3v) is 4.00. The van der Waals surface area contributed by atoms with Gasteiger partial charge in [0.2, 0.25) is 5.91 Å². The normalized spacial score (nSPS) is 17.4. The van der Waals surface area contributed by atoms with Crippen LogP contribution in [0, 0.1) is 0 Å². The Bertz CT molecular complexity index is 291. The van der Waals surface area contributed by atoms with Crippen molar-refractivity contribution >= 4 is 5.91 Å². The van der Waals surface area contributed by atoms with Gasteiger partial charge in [-0.05, 0) is 47.1 Å². The fourth-order valence-corrected chi connectivity index (χ4v) is 2.60. The molecule has 1 N–H and O–H groups in total. The van der Waals surface area contributed by atoms with Gasteiger partial charge in [-0.15, -0.1) is 0 Å². The van der Waals surface area contributed by atoms with Crippen molar-refractivity contribution in [1.82, 2.24) is 20.0 Å². The van der Waals surface area contributed by atoms with E-state index in [4.69, 9.17) is 4.74 Å². The molecule has 124 valence electrons. The Hall–Kier alpha value is -0.690. The predicted molar refractivity (Wildman–Crippen MR) is 85.5 cm³/mol. The first-order valence-electron chi connectivity index (χ1n) is 7.87. The molecule has 1 rings (SSSR count). The van der Waals surface area contributed by atoms with Gasteiger partial charge in [0.1, 0.15) is 0 Å². The van der Waals surface area contributed by atoms with Gasteiger partial charge in [-0.2, -0.15) is 0 Å². The van der Waals surface area contributed by atoms with E-state index in [0.29, 0.717) is 19.2 Å². The fourth-order valence-electron chi connectivity index (χ4n) is 2.60. The smallest absolute Gasteiger partial charge is 0.236 e. The van der Waals surface area contributed by atoms with E-state index in [0.717, 1.165) is 45.6 Å². The van der Waals surface area contributed by atoms with Crippen LogP contribution in [-0.2, 0) is 9.53 Å². The van der Waals surface area contributed by atoms with Crippen LogP contribution in [0.5, 0.6) is 0 Å². The largest absolute Gasteiger partial charge is 0.383 e. The highest BCUT2D eigenvalue weighted by atomic mass is 16.5. The maximum Gasteiger partial charge on any atom is 0.236 e. The molecule has 6 nitrogen and oxygen atoms in total. The number of hydrogen-bond acceptors (Lipinski definition) is 5. The summed E-state index contributed by atoms with van der Waals surface area (Å²) in [7, 11) is 7.92. The molecule has 0 aliphatic carbocycles. The number of rotatable bonds is 9. The Kier molecular flexibility index (Phi) is 8.84. The van der Waals surface area contributed by atoms with Crippen LogP contribution in [0.1, 0.15) is 12.8 Å². The number of amides is 1. The van der Waals surface area contributed by atoms with Gasteiger partial charge >= 0.3 is 0 Å². The molecule has 0 spiro atoms. The highest BCUT2D eigenvalue weighted by Gasteiger charge is 2.26. The lowest BCUT2D eigenvalue weighted by Crippen LogP contribution is -2.51. The summed E-state index contributed by atoms with van der Waals surface area (Å²) in [5.74, 6) is 0.211. The molecule has 1 amide bonds. The second-order valence-corrected chi connectivity index (χ2v) is 6.09. The molecule has 1 heterocycles. The van der Waals surface area contributed by atoms with E-state index in [1.807, 2.05) is 14.1 Å². The van der Waals surface area contributed by atoms with Crippen molar-refractivity contribution in [2.45, 2.75) is 18.9 Å². The van der Waals surface area contributed by atoms with Crippen LogP contribution in [0.2, 0.25) is 0 Å². The van der Waals surface area contributed by atoms with E-state index in [1.165, 1.54) is 0 Å². The first-order chi connectivity index (χ1) is 10.0. The molecule has 0 unspecified atom stereocenters. The van der Waals surface area contributed by atoms with Gasteiger partial charge in [0.15, 0.2) is 0 Å². The van der Waals surface area contributed by atoms with Crippen molar-refractivity contribution in [3.8, 4) is 0 Å². The molecule has 0 bridgehead atoms. The average molecular weight is 300 g/mol. The highest BCUT2D eigenvalue weighted by molar-refractivity contribution is 5.78. The van der Waals surface area contributed by atoms with E-state index in [1.54, 1.807) is 7.11 Å². The molecule has 0 aromatic heterocycles. The molecule has 1 fully saturated rings. The highest BCUT2D eigenvalue weighted by Crippen LogP contribution is 2.15. The summed E-state index contributed by atoms with van der Waals surface area (Å²) < 4.78 is 4.99.